The van der Waals surface area contributed by atoms with Crippen molar-refractivity contribution in [3.05, 3.63) is 6.07 Å². The number of rotatable bonds is 6. The maximum Gasteiger partial charge on any atom is 0.232 e. The van der Waals surface area contributed by atoms with Crippen molar-refractivity contribution in [2.45, 2.75) is 20.3 Å². The van der Waals surface area contributed by atoms with Crippen LogP contribution in [0.5, 0.6) is 0 Å². The van der Waals surface area contributed by atoms with Crippen molar-refractivity contribution in [2.75, 3.05) is 93.9 Å². The molecule has 1 aromatic rings. The number of thiocarbonyl (C=S) groups is 1. The molecule has 0 amide bonds. The van der Waals surface area contributed by atoms with Crippen LogP contribution < -0.4 is 20.4 Å². The zero-order valence-electron chi connectivity index (χ0n) is 19.4. The molecule has 3 aliphatic rings. The molecule has 1 aromatic heterocycles. The van der Waals surface area contributed by atoms with Crippen LogP contribution in [-0.4, -0.2) is 98.8 Å². The molecule has 0 unspecified atom stereocenters. The summed E-state index contributed by atoms with van der Waals surface area (Å²) in [5, 5.41) is 7.09. The molecule has 0 aliphatic carbocycles. The summed E-state index contributed by atoms with van der Waals surface area (Å²) in [7, 11) is 0. The van der Waals surface area contributed by atoms with E-state index in [4.69, 9.17) is 31.7 Å². The lowest BCUT2D eigenvalue weighted by atomic mass is 9.92. The fraction of sp³-hybridized carbons (Fsp3) is 0.773. The molecule has 3 aliphatic heterocycles. The predicted octanol–water partition coefficient (Wildman–Crippen LogP) is 1.41. The summed E-state index contributed by atoms with van der Waals surface area (Å²) in [5.41, 5.74) is 0. The summed E-state index contributed by atoms with van der Waals surface area (Å²) in [6.07, 6.45) is 1.26. The minimum absolute atomic E-state index is 0.554. The highest BCUT2D eigenvalue weighted by Crippen LogP contribution is 2.28. The van der Waals surface area contributed by atoms with E-state index >= 15 is 0 Å². The average molecular weight is 464 g/mol. The zero-order chi connectivity index (χ0) is 22.3. The Morgan fingerprint density at radius 1 is 0.969 bits per heavy atom. The van der Waals surface area contributed by atoms with E-state index in [0.29, 0.717) is 22.9 Å². The van der Waals surface area contributed by atoms with Gasteiger partial charge >= 0.3 is 0 Å². The molecule has 2 atom stereocenters. The lowest BCUT2D eigenvalue weighted by molar-refractivity contribution is 0.0389. The van der Waals surface area contributed by atoms with Gasteiger partial charge in [0.25, 0.3) is 0 Å². The number of nitrogens with one attached hydrogen (secondary N) is 2. The molecule has 9 nitrogen and oxygen atoms in total. The topological polar surface area (TPSA) is 78.0 Å². The van der Waals surface area contributed by atoms with E-state index in [1.165, 1.54) is 6.42 Å². The number of nitrogens with zero attached hydrogens (tertiary/aromatic N) is 5. The highest BCUT2D eigenvalue weighted by Gasteiger charge is 2.25. The summed E-state index contributed by atoms with van der Waals surface area (Å²) >= 11 is 5.55. The first-order valence-electron chi connectivity index (χ1n) is 11.9. The van der Waals surface area contributed by atoms with Gasteiger partial charge < -0.3 is 29.9 Å². The van der Waals surface area contributed by atoms with Gasteiger partial charge in [0.15, 0.2) is 5.11 Å². The van der Waals surface area contributed by atoms with Gasteiger partial charge in [-0.1, -0.05) is 13.8 Å². The van der Waals surface area contributed by atoms with E-state index in [1.807, 2.05) is 0 Å². The van der Waals surface area contributed by atoms with Gasteiger partial charge in [0.1, 0.15) is 11.6 Å². The van der Waals surface area contributed by atoms with Crippen molar-refractivity contribution in [1.29, 1.82) is 0 Å². The van der Waals surface area contributed by atoms with E-state index in [9.17, 15) is 0 Å². The normalized spacial score (nSPS) is 24.9. The van der Waals surface area contributed by atoms with Crippen LogP contribution in [0.1, 0.15) is 20.3 Å². The lowest BCUT2D eigenvalue weighted by Gasteiger charge is -2.36. The smallest absolute Gasteiger partial charge is 0.232 e. The number of anilines is 3. The molecule has 4 rings (SSSR count). The van der Waals surface area contributed by atoms with Crippen LogP contribution in [-0.2, 0) is 9.47 Å². The molecule has 178 valence electrons. The van der Waals surface area contributed by atoms with Gasteiger partial charge in [-0.15, -0.1) is 0 Å². The number of hydrogen-bond acceptors (Lipinski definition) is 8. The number of aromatic nitrogens is 2. The maximum absolute atomic E-state index is 5.55. The van der Waals surface area contributed by atoms with Crippen molar-refractivity contribution in [3.8, 4) is 0 Å². The molecule has 3 saturated heterocycles. The SMILES string of the molecule is C[C@@H]1C[C@H](C)CN(c2cc(N3CCOCC3)nc(NC(=S)NCCN3CCOCC3)n2)C1. The third-order valence-electron chi connectivity index (χ3n) is 6.27. The molecule has 0 aromatic carbocycles. The first kappa shape index (κ1) is 23.4. The van der Waals surface area contributed by atoms with E-state index in [-0.39, 0.29) is 0 Å². The fourth-order valence-corrected chi connectivity index (χ4v) is 4.94. The van der Waals surface area contributed by atoms with Crippen molar-refractivity contribution in [3.63, 3.8) is 0 Å². The minimum atomic E-state index is 0.554. The second-order valence-electron chi connectivity index (χ2n) is 9.19. The Balaban J connectivity index is 1.42. The molecule has 0 saturated carbocycles. The Bertz CT molecular complexity index is 746. The van der Waals surface area contributed by atoms with Gasteiger partial charge in [-0.05, 0) is 30.5 Å². The van der Waals surface area contributed by atoms with Crippen molar-refractivity contribution in [1.82, 2.24) is 20.2 Å². The minimum Gasteiger partial charge on any atom is -0.379 e. The number of piperidine rings is 1. The highest BCUT2D eigenvalue weighted by molar-refractivity contribution is 7.80. The summed E-state index contributed by atoms with van der Waals surface area (Å²) in [6, 6.07) is 2.12. The predicted molar refractivity (Wildman–Crippen MR) is 132 cm³/mol. The van der Waals surface area contributed by atoms with Crippen LogP contribution in [0.3, 0.4) is 0 Å². The Labute approximate surface area is 196 Å². The Kier molecular flexibility index (Phi) is 8.34. The van der Waals surface area contributed by atoms with Crippen LogP contribution in [0.2, 0.25) is 0 Å². The van der Waals surface area contributed by atoms with E-state index in [2.05, 4.69) is 45.2 Å². The zero-order valence-corrected chi connectivity index (χ0v) is 20.2. The Morgan fingerprint density at radius 3 is 2.22 bits per heavy atom. The van der Waals surface area contributed by atoms with Gasteiger partial charge in [-0.2, -0.15) is 9.97 Å². The van der Waals surface area contributed by atoms with Crippen LogP contribution >= 0.6 is 12.2 Å². The van der Waals surface area contributed by atoms with E-state index in [1.54, 1.807) is 0 Å². The van der Waals surface area contributed by atoms with Gasteiger partial charge in [-0.25, -0.2) is 0 Å². The second kappa shape index (κ2) is 11.4. The number of morpholine rings is 2. The third kappa shape index (κ3) is 6.63. The molecule has 0 bridgehead atoms. The molecule has 0 radical (unpaired) electrons. The third-order valence-corrected chi connectivity index (χ3v) is 6.52. The summed E-state index contributed by atoms with van der Waals surface area (Å²) < 4.78 is 10.9. The average Bonchev–Trinajstić information content (AvgIpc) is 2.79. The maximum atomic E-state index is 5.55. The van der Waals surface area contributed by atoms with E-state index in [0.717, 1.165) is 90.4 Å². The molecule has 32 heavy (non-hydrogen) atoms. The van der Waals surface area contributed by atoms with Crippen molar-refractivity contribution < 1.29 is 9.47 Å². The largest absolute Gasteiger partial charge is 0.379 e. The van der Waals surface area contributed by atoms with Gasteiger partial charge in [0.05, 0.1) is 26.4 Å². The molecule has 3 fully saturated rings. The number of ether oxygens (including phenoxy) is 2. The molecule has 2 N–H and O–H groups in total. The number of hydrogen-bond donors (Lipinski definition) is 2. The summed E-state index contributed by atoms with van der Waals surface area (Å²) in [4.78, 5) is 16.7. The van der Waals surface area contributed by atoms with Crippen LogP contribution in [0, 0.1) is 11.8 Å². The summed E-state index contributed by atoms with van der Waals surface area (Å²) in [5.74, 6) is 3.76. The molecular weight excluding hydrogens is 426 g/mol. The van der Waals surface area contributed by atoms with E-state index < -0.39 is 0 Å². The van der Waals surface area contributed by atoms with Crippen LogP contribution in [0.4, 0.5) is 17.6 Å². The van der Waals surface area contributed by atoms with Crippen molar-refractivity contribution in [2.24, 2.45) is 11.8 Å². The molecule has 4 heterocycles. The first-order chi connectivity index (χ1) is 15.6. The van der Waals surface area contributed by atoms with Crippen molar-refractivity contribution >= 4 is 34.9 Å². The van der Waals surface area contributed by atoms with Gasteiger partial charge in [0.2, 0.25) is 5.95 Å². The Hall–Kier alpha value is -1.75. The highest BCUT2D eigenvalue weighted by atomic mass is 32.1. The quantitative estimate of drug-likeness (QED) is 0.605. The fourth-order valence-electron chi connectivity index (χ4n) is 4.74. The van der Waals surface area contributed by atoms with Crippen LogP contribution in [0.25, 0.3) is 0 Å². The first-order valence-corrected chi connectivity index (χ1v) is 12.3. The molecule has 0 spiro atoms. The van der Waals surface area contributed by atoms with Gasteiger partial charge in [0, 0.05) is 58.4 Å². The summed E-state index contributed by atoms with van der Waals surface area (Å²) in [6.45, 7) is 15.1. The lowest BCUT2D eigenvalue weighted by Crippen LogP contribution is -2.42. The standard InChI is InChI=1S/C22H37N7O2S/c1-17-13-18(2)16-29(15-17)20-14-19(28-7-11-31-12-8-28)24-21(25-20)26-22(32)23-3-4-27-5-9-30-10-6-27/h14,17-18H,3-13,15-16H2,1-2H3,(H2,23,24,25,26,32)/t17-,18+. The van der Waals surface area contributed by atoms with Crippen LogP contribution in [0.15, 0.2) is 6.07 Å². The molecular formula is C22H37N7O2S. The van der Waals surface area contributed by atoms with Gasteiger partial charge in [-0.3, -0.25) is 4.90 Å². The monoisotopic (exact) mass is 463 g/mol. The Morgan fingerprint density at radius 2 is 1.56 bits per heavy atom. The molecule has 10 heteroatoms. The second-order valence-corrected chi connectivity index (χ2v) is 9.60.